The standard InChI is InChI=1S/C15H20N6/c1-4-21-8-16-14(17-9-21)20-15-18-11(3)12-7-10(2)5-6-13(12)19-15/h5-7H,4,8-9H2,1-3H3,(H2,16,17,18,19,20). The summed E-state index contributed by atoms with van der Waals surface area (Å²) in [4.78, 5) is 15.7. The van der Waals surface area contributed by atoms with Gasteiger partial charge in [0.15, 0.2) is 0 Å². The molecule has 0 amide bonds. The Bertz CT molecular complexity index is 694. The van der Waals surface area contributed by atoms with Gasteiger partial charge in [-0.2, -0.15) is 0 Å². The molecule has 21 heavy (non-hydrogen) atoms. The fourth-order valence-electron chi connectivity index (χ4n) is 2.32. The first kappa shape index (κ1) is 13.8. The molecule has 0 radical (unpaired) electrons. The van der Waals surface area contributed by atoms with Crippen molar-refractivity contribution in [1.82, 2.24) is 20.2 Å². The van der Waals surface area contributed by atoms with Gasteiger partial charge >= 0.3 is 0 Å². The maximum absolute atomic E-state index is 4.55. The molecule has 1 aliphatic rings. The van der Waals surface area contributed by atoms with Gasteiger partial charge in [0, 0.05) is 5.39 Å². The monoisotopic (exact) mass is 284 g/mol. The summed E-state index contributed by atoms with van der Waals surface area (Å²) in [5.41, 5.74) is 3.13. The molecule has 2 aromatic rings. The zero-order valence-corrected chi connectivity index (χ0v) is 12.6. The van der Waals surface area contributed by atoms with Crippen LogP contribution in [0.1, 0.15) is 18.2 Å². The second-order valence-corrected chi connectivity index (χ2v) is 5.25. The van der Waals surface area contributed by atoms with Gasteiger partial charge in [-0.15, -0.1) is 0 Å². The number of nitrogens with zero attached hydrogens (tertiary/aromatic N) is 4. The van der Waals surface area contributed by atoms with Crippen molar-refractivity contribution in [3.8, 4) is 0 Å². The first-order chi connectivity index (χ1) is 10.2. The fraction of sp³-hybridized carbons (Fsp3) is 0.400. The van der Waals surface area contributed by atoms with Crippen LogP contribution in [0.2, 0.25) is 0 Å². The smallest absolute Gasteiger partial charge is 0.230 e. The summed E-state index contributed by atoms with van der Waals surface area (Å²) < 4.78 is 0. The summed E-state index contributed by atoms with van der Waals surface area (Å²) in [6.07, 6.45) is 0. The molecule has 0 saturated carbocycles. The molecule has 0 bridgehead atoms. The predicted octanol–water partition coefficient (Wildman–Crippen LogP) is 1.85. The molecule has 0 unspecified atom stereocenters. The highest BCUT2D eigenvalue weighted by Crippen LogP contribution is 2.18. The first-order valence-electron chi connectivity index (χ1n) is 7.18. The Morgan fingerprint density at radius 3 is 2.86 bits per heavy atom. The van der Waals surface area contributed by atoms with E-state index in [2.05, 4.69) is 56.5 Å². The number of rotatable bonds is 2. The Kier molecular flexibility index (Phi) is 3.70. The van der Waals surface area contributed by atoms with Crippen LogP contribution in [-0.4, -0.2) is 40.7 Å². The lowest BCUT2D eigenvalue weighted by Gasteiger charge is -2.25. The third kappa shape index (κ3) is 2.95. The van der Waals surface area contributed by atoms with E-state index in [1.54, 1.807) is 0 Å². The molecule has 1 aromatic heterocycles. The van der Waals surface area contributed by atoms with E-state index < -0.39 is 0 Å². The summed E-state index contributed by atoms with van der Waals surface area (Å²) in [5.74, 6) is 1.31. The number of hydrogen-bond acceptors (Lipinski definition) is 6. The van der Waals surface area contributed by atoms with Crippen LogP contribution in [-0.2, 0) is 0 Å². The normalized spacial score (nSPS) is 15.7. The lowest BCUT2D eigenvalue weighted by molar-refractivity contribution is 0.279. The summed E-state index contributed by atoms with van der Waals surface area (Å²) >= 11 is 0. The van der Waals surface area contributed by atoms with Crippen molar-refractivity contribution >= 4 is 22.8 Å². The Balaban J connectivity index is 1.85. The molecular weight excluding hydrogens is 264 g/mol. The number of nitrogens with one attached hydrogen (secondary N) is 2. The van der Waals surface area contributed by atoms with Crippen molar-refractivity contribution in [2.75, 3.05) is 25.2 Å². The number of benzene rings is 1. The molecule has 0 saturated heterocycles. The second-order valence-electron chi connectivity index (χ2n) is 5.25. The number of guanidine groups is 1. The van der Waals surface area contributed by atoms with E-state index in [1.807, 2.05) is 13.0 Å². The zero-order chi connectivity index (χ0) is 14.8. The molecule has 2 heterocycles. The average molecular weight is 284 g/mol. The topological polar surface area (TPSA) is 65.4 Å². The third-order valence-corrected chi connectivity index (χ3v) is 3.62. The van der Waals surface area contributed by atoms with Gasteiger partial charge in [-0.3, -0.25) is 10.2 Å². The molecule has 1 aliphatic heterocycles. The van der Waals surface area contributed by atoms with Gasteiger partial charge in [-0.05, 0) is 32.5 Å². The van der Waals surface area contributed by atoms with Crippen molar-refractivity contribution in [3.63, 3.8) is 0 Å². The number of aliphatic imine (C=N–C) groups is 1. The van der Waals surface area contributed by atoms with Crippen LogP contribution in [0, 0.1) is 13.8 Å². The SMILES string of the molecule is CCN1CN=C(Nc2nc(C)c3cc(C)ccc3n2)NC1. The Morgan fingerprint density at radius 2 is 2.14 bits per heavy atom. The molecule has 3 rings (SSSR count). The highest BCUT2D eigenvalue weighted by Gasteiger charge is 2.12. The predicted molar refractivity (Wildman–Crippen MR) is 85.3 cm³/mol. The van der Waals surface area contributed by atoms with E-state index in [1.165, 1.54) is 5.56 Å². The van der Waals surface area contributed by atoms with Gasteiger partial charge in [0.05, 0.1) is 24.5 Å². The zero-order valence-electron chi connectivity index (χ0n) is 12.6. The first-order valence-corrected chi connectivity index (χ1v) is 7.18. The summed E-state index contributed by atoms with van der Waals surface area (Å²) in [5, 5.41) is 7.49. The number of anilines is 1. The quantitative estimate of drug-likeness (QED) is 0.881. The van der Waals surface area contributed by atoms with E-state index in [4.69, 9.17) is 0 Å². The molecular formula is C15H20N6. The average Bonchev–Trinajstić information content (AvgIpc) is 2.49. The van der Waals surface area contributed by atoms with Crippen molar-refractivity contribution in [2.24, 2.45) is 4.99 Å². The maximum atomic E-state index is 4.55. The molecule has 6 nitrogen and oxygen atoms in total. The minimum atomic E-state index is 0.583. The number of aromatic nitrogens is 2. The van der Waals surface area contributed by atoms with Crippen LogP contribution in [0.15, 0.2) is 23.2 Å². The molecule has 0 aliphatic carbocycles. The molecule has 0 atom stereocenters. The van der Waals surface area contributed by atoms with Crippen LogP contribution in [0.25, 0.3) is 10.9 Å². The number of aryl methyl sites for hydroxylation is 2. The van der Waals surface area contributed by atoms with Gasteiger partial charge in [0.1, 0.15) is 0 Å². The van der Waals surface area contributed by atoms with E-state index >= 15 is 0 Å². The molecule has 110 valence electrons. The molecule has 1 aromatic carbocycles. The van der Waals surface area contributed by atoms with Crippen LogP contribution >= 0.6 is 0 Å². The fourth-order valence-corrected chi connectivity index (χ4v) is 2.32. The van der Waals surface area contributed by atoms with E-state index in [9.17, 15) is 0 Å². The van der Waals surface area contributed by atoms with E-state index in [-0.39, 0.29) is 0 Å². The largest absolute Gasteiger partial charge is 0.343 e. The van der Waals surface area contributed by atoms with E-state index in [0.29, 0.717) is 12.6 Å². The van der Waals surface area contributed by atoms with Crippen LogP contribution in [0.5, 0.6) is 0 Å². The minimum Gasteiger partial charge on any atom is -0.343 e. The van der Waals surface area contributed by atoms with Gasteiger partial charge < -0.3 is 5.32 Å². The molecule has 0 fully saturated rings. The summed E-state index contributed by atoms with van der Waals surface area (Å²) in [7, 11) is 0. The maximum Gasteiger partial charge on any atom is 0.230 e. The molecule has 0 spiro atoms. The van der Waals surface area contributed by atoms with Crippen molar-refractivity contribution in [1.29, 1.82) is 0 Å². The number of hydrogen-bond donors (Lipinski definition) is 2. The van der Waals surface area contributed by atoms with Crippen LogP contribution < -0.4 is 10.6 Å². The summed E-state index contributed by atoms with van der Waals surface area (Å²) in [6.45, 7) is 8.66. The van der Waals surface area contributed by atoms with Gasteiger partial charge in [0.2, 0.25) is 11.9 Å². The van der Waals surface area contributed by atoms with Gasteiger partial charge in [-0.25, -0.2) is 15.0 Å². The van der Waals surface area contributed by atoms with Crippen molar-refractivity contribution in [3.05, 3.63) is 29.5 Å². The van der Waals surface area contributed by atoms with Crippen LogP contribution in [0.4, 0.5) is 5.95 Å². The second kappa shape index (κ2) is 5.65. The van der Waals surface area contributed by atoms with Crippen LogP contribution in [0.3, 0.4) is 0 Å². The minimum absolute atomic E-state index is 0.583. The van der Waals surface area contributed by atoms with Crippen molar-refractivity contribution in [2.45, 2.75) is 20.8 Å². The third-order valence-electron chi connectivity index (χ3n) is 3.62. The Labute approximate surface area is 124 Å². The van der Waals surface area contributed by atoms with Gasteiger partial charge in [0.25, 0.3) is 0 Å². The highest BCUT2D eigenvalue weighted by atomic mass is 15.4. The lowest BCUT2D eigenvalue weighted by atomic mass is 10.1. The van der Waals surface area contributed by atoms with Gasteiger partial charge in [-0.1, -0.05) is 18.6 Å². The summed E-state index contributed by atoms with van der Waals surface area (Å²) in [6, 6.07) is 6.21. The van der Waals surface area contributed by atoms with Crippen molar-refractivity contribution < 1.29 is 0 Å². The molecule has 6 heteroatoms. The van der Waals surface area contributed by atoms with E-state index in [0.717, 1.165) is 35.8 Å². The number of fused-ring (bicyclic) bond motifs is 1. The Morgan fingerprint density at radius 1 is 1.29 bits per heavy atom. The Hall–Kier alpha value is -2.21. The lowest BCUT2D eigenvalue weighted by Crippen LogP contribution is -2.45. The molecule has 2 N–H and O–H groups in total. The highest BCUT2D eigenvalue weighted by molar-refractivity contribution is 5.93.